The van der Waals surface area contributed by atoms with Gasteiger partial charge in [-0.3, -0.25) is 0 Å². The number of rotatable bonds is 2. The molecule has 4 heteroatoms. The van der Waals surface area contributed by atoms with Gasteiger partial charge in [-0.2, -0.15) is 0 Å². The largest absolute Gasteiger partial charge is 0.390 e. The Morgan fingerprint density at radius 2 is 1.71 bits per heavy atom. The molecule has 3 nitrogen and oxygen atoms in total. The standard InChI is InChI=1S/C13H15N3S/c1-16(2)11-5-3-9(4-6-11)10-7-12(14)17-13(15)8-10/h3-8,14H,15H2,1-2H3/p+1. The second kappa shape index (κ2) is 4.59. The molecule has 88 valence electrons. The highest BCUT2D eigenvalue weighted by Crippen LogP contribution is 2.23. The Morgan fingerprint density at radius 1 is 1.06 bits per heavy atom. The molecule has 1 aromatic heterocycles. The second-order valence-corrected chi connectivity index (χ2v) is 5.24. The van der Waals surface area contributed by atoms with Crippen molar-refractivity contribution in [2.45, 2.75) is 0 Å². The molecule has 0 aliphatic carbocycles. The molecule has 0 aliphatic rings. The lowest BCUT2D eigenvalue weighted by atomic mass is 10.1. The topological polar surface area (TPSA) is 54.8 Å². The molecular weight excluding hydrogens is 230 g/mol. The fraction of sp³-hybridized carbons (Fsp3) is 0.154. The average Bonchev–Trinajstić information content (AvgIpc) is 2.28. The molecule has 0 saturated heterocycles. The second-order valence-electron chi connectivity index (χ2n) is 4.09. The predicted octanol–water partition coefficient (Wildman–Crippen LogP) is 0.723. The highest BCUT2D eigenvalue weighted by atomic mass is 32.1. The maximum absolute atomic E-state index is 5.81. The van der Waals surface area contributed by atoms with Gasteiger partial charge in [-0.25, -0.2) is 5.41 Å². The van der Waals surface area contributed by atoms with Gasteiger partial charge >= 0.3 is 0 Å². The molecule has 0 atom stereocenters. The van der Waals surface area contributed by atoms with Gasteiger partial charge in [0, 0.05) is 25.8 Å². The zero-order valence-corrected chi connectivity index (χ0v) is 10.8. The van der Waals surface area contributed by atoms with E-state index in [2.05, 4.69) is 29.2 Å². The van der Waals surface area contributed by atoms with Crippen LogP contribution in [0.25, 0.3) is 11.1 Å². The van der Waals surface area contributed by atoms with Gasteiger partial charge in [0.1, 0.15) is 0 Å². The Hall–Kier alpha value is -1.81. The van der Waals surface area contributed by atoms with Crippen LogP contribution in [0.15, 0.2) is 36.4 Å². The molecule has 0 spiro atoms. The van der Waals surface area contributed by atoms with E-state index in [0.29, 0.717) is 0 Å². The Labute approximate surface area is 105 Å². The van der Waals surface area contributed by atoms with Crippen molar-refractivity contribution in [3.8, 4) is 11.1 Å². The van der Waals surface area contributed by atoms with Crippen molar-refractivity contribution in [1.82, 2.24) is 0 Å². The van der Waals surface area contributed by atoms with Crippen molar-refractivity contribution in [3.63, 3.8) is 0 Å². The maximum atomic E-state index is 5.81. The van der Waals surface area contributed by atoms with Gasteiger partial charge in [0.25, 0.3) is 4.67 Å². The first-order valence-electron chi connectivity index (χ1n) is 5.33. The lowest BCUT2D eigenvalue weighted by Crippen LogP contribution is -2.42. The van der Waals surface area contributed by atoms with Crippen molar-refractivity contribution in [3.05, 3.63) is 41.1 Å². The Balaban J connectivity index is 2.43. The van der Waals surface area contributed by atoms with Gasteiger partial charge in [0.2, 0.25) is 0 Å². The number of anilines is 2. The first-order valence-corrected chi connectivity index (χ1v) is 6.15. The third-order valence-electron chi connectivity index (χ3n) is 2.55. The molecule has 2 rings (SSSR count). The highest BCUT2D eigenvalue weighted by molar-refractivity contribution is 7.13. The number of benzene rings is 1. The number of hydrogen-bond acceptors (Lipinski definition) is 3. The molecule has 0 saturated carbocycles. The zero-order valence-electron chi connectivity index (χ0n) is 9.97. The molecule has 1 aromatic carbocycles. The molecule has 0 amide bonds. The molecule has 0 bridgehead atoms. The Morgan fingerprint density at radius 3 is 2.24 bits per heavy atom. The van der Waals surface area contributed by atoms with E-state index in [4.69, 9.17) is 11.1 Å². The quantitative estimate of drug-likeness (QED) is 0.820. The highest BCUT2D eigenvalue weighted by Gasteiger charge is 2.02. The summed E-state index contributed by atoms with van der Waals surface area (Å²) in [5.41, 5.74) is 9.17. The van der Waals surface area contributed by atoms with E-state index in [-0.39, 0.29) is 0 Å². The normalized spacial score (nSPS) is 10.2. The summed E-state index contributed by atoms with van der Waals surface area (Å²) in [4.78, 5) is 2.07. The van der Waals surface area contributed by atoms with Crippen LogP contribution >= 0.6 is 11.3 Å². The van der Waals surface area contributed by atoms with Gasteiger partial charge in [-0.1, -0.05) is 23.5 Å². The molecule has 0 aliphatic heterocycles. The summed E-state index contributed by atoms with van der Waals surface area (Å²) < 4.78 is 0.733. The molecular formula is C13H16N3S+. The van der Waals surface area contributed by atoms with Crippen LogP contribution in [0.5, 0.6) is 0 Å². The molecule has 2 aromatic rings. The SMILES string of the molecule is CN(C)c1ccc(-c2cc(N)sc(=[NH2+])c2)cc1. The van der Waals surface area contributed by atoms with Gasteiger partial charge < -0.3 is 10.6 Å². The molecule has 0 fully saturated rings. The predicted molar refractivity (Wildman–Crippen MR) is 73.6 cm³/mol. The summed E-state index contributed by atoms with van der Waals surface area (Å²) in [5, 5.41) is 6.54. The van der Waals surface area contributed by atoms with Crippen molar-refractivity contribution < 1.29 is 5.41 Å². The third-order valence-corrected chi connectivity index (χ3v) is 3.26. The number of nitrogens with zero attached hydrogens (tertiary/aromatic N) is 1. The lowest BCUT2D eigenvalue weighted by Gasteiger charge is -2.12. The molecule has 1 heterocycles. The fourth-order valence-corrected chi connectivity index (χ4v) is 2.31. The van der Waals surface area contributed by atoms with Crippen LogP contribution in [0.2, 0.25) is 0 Å². The molecule has 0 radical (unpaired) electrons. The van der Waals surface area contributed by atoms with Crippen LogP contribution in [-0.4, -0.2) is 14.1 Å². The van der Waals surface area contributed by atoms with E-state index in [1.807, 2.05) is 26.2 Å². The Kier molecular flexibility index (Phi) is 3.15. The van der Waals surface area contributed by atoms with Crippen molar-refractivity contribution >= 4 is 22.0 Å². The number of nitrogen functional groups attached to an aromatic ring is 1. The van der Waals surface area contributed by atoms with Crippen LogP contribution in [0.4, 0.5) is 10.7 Å². The molecule has 17 heavy (non-hydrogen) atoms. The minimum Gasteiger partial charge on any atom is -0.390 e. The summed E-state index contributed by atoms with van der Waals surface area (Å²) in [6.45, 7) is 0. The summed E-state index contributed by atoms with van der Waals surface area (Å²) in [7, 11) is 4.05. The smallest absolute Gasteiger partial charge is 0.255 e. The lowest BCUT2D eigenvalue weighted by molar-refractivity contribution is -0.166. The summed E-state index contributed by atoms with van der Waals surface area (Å²) in [6, 6.07) is 12.2. The van der Waals surface area contributed by atoms with E-state index in [9.17, 15) is 0 Å². The van der Waals surface area contributed by atoms with Gasteiger partial charge in [0.05, 0.1) is 5.00 Å². The van der Waals surface area contributed by atoms with Gasteiger partial charge in [0.15, 0.2) is 0 Å². The number of nitrogens with two attached hydrogens (primary N) is 2. The zero-order chi connectivity index (χ0) is 12.4. The first-order chi connectivity index (χ1) is 8.06. The minimum absolute atomic E-state index is 0.733. The van der Waals surface area contributed by atoms with E-state index < -0.39 is 0 Å². The monoisotopic (exact) mass is 246 g/mol. The molecule has 0 unspecified atom stereocenters. The fourth-order valence-electron chi connectivity index (χ4n) is 1.66. The van der Waals surface area contributed by atoms with Crippen LogP contribution < -0.4 is 20.7 Å². The van der Waals surface area contributed by atoms with Crippen molar-refractivity contribution in [2.24, 2.45) is 0 Å². The minimum atomic E-state index is 0.733. The van der Waals surface area contributed by atoms with Crippen LogP contribution in [0, 0.1) is 0 Å². The summed E-state index contributed by atoms with van der Waals surface area (Å²) >= 11 is 1.40. The maximum Gasteiger partial charge on any atom is 0.255 e. The van der Waals surface area contributed by atoms with E-state index in [1.165, 1.54) is 17.0 Å². The Bertz CT molecular complexity index is 570. The van der Waals surface area contributed by atoms with E-state index in [0.717, 1.165) is 20.8 Å². The average molecular weight is 246 g/mol. The van der Waals surface area contributed by atoms with E-state index in [1.54, 1.807) is 0 Å². The molecule has 4 N–H and O–H groups in total. The number of hydrogen-bond donors (Lipinski definition) is 2. The van der Waals surface area contributed by atoms with Gasteiger partial charge in [-0.15, -0.1) is 0 Å². The van der Waals surface area contributed by atoms with Crippen LogP contribution in [0.1, 0.15) is 0 Å². The van der Waals surface area contributed by atoms with Crippen LogP contribution in [0.3, 0.4) is 0 Å². The van der Waals surface area contributed by atoms with Crippen molar-refractivity contribution in [1.29, 1.82) is 0 Å². The van der Waals surface area contributed by atoms with Crippen LogP contribution in [-0.2, 0) is 0 Å². The summed E-state index contributed by atoms with van der Waals surface area (Å²) in [5.74, 6) is 0. The van der Waals surface area contributed by atoms with Crippen molar-refractivity contribution in [2.75, 3.05) is 24.7 Å². The third kappa shape index (κ3) is 2.65. The first kappa shape index (κ1) is 11.7. The van der Waals surface area contributed by atoms with Gasteiger partial charge in [-0.05, 0) is 29.3 Å². The van der Waals surface area contributed by atoms with E-state index >= 15 is 0 Å². The summed E-state index contributed by atoms with van der Waals surface area (Å²) in [6.07, 6.45) is 0.